The first-order valence-electron chi connectivity index (χ1n) is 4.61. The Morgan fingerprint density at radius 2 is 1.64 bits per heavy atom. The van der Waals surface area contributed by atoms with Gasteiger partial charge in [0.1, 0.15) is 5.75 Å². The van der Waals surface area contributed by atoms with E-state index < -0.39 is 8.38 Å². The zero-order valence-electron chi connectivity index (χ0n) is 9.15. The summed E-state index contributed by atoms with van der Waals surface area (Å²) in [6.07, 6.45) is 0. The van der Waals surface area contributed by atoms with Crippen molar-refractivity contribution in [1.82, 2.24) is 0 Å². The van der Waals surface area contributed by atoms with Gasteiger partial charge in [-0.2, -0.15) is 0 Å². The van der Waals surface area contributed by atoms with E-state index in [-0.39, 0.29) is 5.16 Å². The molecule has 0 saturated heterocycles. The summed E-state index contributed by atoms with van der Waals surface area (Å²) in [5.41, 5.74) is 0. The minimum Gasteiger partial charge on any atom is -0.447 e. The average Bonchev–Trinajstić information content (AvgIpc) is 2.14. The fourth-order valence-electron chi connectivity index (χ4n) is 1.03. The van der Waals surface area contributed by atoms with Gasteiger partial charge in [-0.15, -0.1) is 0 Å². The third-order valence-corrected chi connectivity index (χ3v) is 3.45. The summed E-state index contributed by atoms with van der Waals surface area (Å²) in [4.78, 5) is 0. The number of hydrogen-bond acceptors (Lipinski definition) is 2. The van der Waals surface area contributed by atoms with Crippen molar-refractivity contribution in [3.63, 3.8) is 0 Å². The quantitative estimate of drug-likeness (QED) is 0.709. The molecule has 0 amide bonds. The Morgan fingerprint density at radius 1 is 1.07 bits per heavy atom. The summed E-state index contributed by atoms with van der Waals surface area (Å²) in [7, 11) is 0.819. The van der Waals surface area contributed by atoms with Crippen LogP contribution in [0.3, 0.4) is 0 Å². The predicted octanol–water partition coefficient (Wildman–Crippen LogP) is 3.82. The predicted molar refractivity (Wildman–Crippen MR) is 60.8 cm³/mol. The number of para-hydroxylation sites is 1. The van der Waals surface area contributed by atoms with E-state index >= 15 is 0 Å². The fraction of sp³-hybridized carbons (Fsp3) is 0.455. The van der Waals surface area contributed by atoms with Crippen molar-refractivity contribution in [2.45, 2.75) is 25.9 Å². The van der Waals surface area contributed by atoms with Crippen molar-refractivity contribution in [3.8, 4) is 5.75 Å². The van der Waals surface area contributed by atoms with Gasteiger partial charge in [-0.05, 0) is 12.1 Å². The van der Waals surface area contributed by atoms with Crippen LogP contribution < -0.4 is 4.52 Å². The molecular weight excluding hydrogens is 195 g/mol. The molecule has 0 saturated carbocycles. The van der Waals surface area contributed by atoms with Crippen LogP contribution in [0.1, 0.15) is 20.8 Å². The van der Waals surface area contributed by atoms with Gasteiger partial charge in [0.2, 0.25) is 8.38 Å². The van der Waals surface area contributed by atoms with E-state index in [1.807, 2.05) is 30.3 Å². The maximum atomic E-state index is 5.77. The number of hydrogen-bond donors (Lipinski definition) is 0. The topological polar surface area (TPSA) is 18.5 Å². The van der Waals surface area contributed by atoms with Crippen LogP contribution >= 0.6 is 8.38 Å². The Kier molecular flexibility index (Phi) is 3.91. The molecule has 1 aromatic carbocycles. The minimum atomic E-state index is -0.876. The highest BCUT2D eigenvalue weighted by atomic mass is 31.2. The molecule has 14 heavy (non-hydrogen) atoms. The molecule has 0 aromatic heterocycles. The lowest BCUT2D eigenvalue weighted by molar-refractivity contribution is 0.372. The van der Waals surface area contributed by atoms with Crippen LogP contribution in [-0.2, 0) is 4.52 Å². The van der Waals surface area contributed by atoms with Crippen molar-refractivity contribution < 1.29 is 9.05 Å². The van der Waals surface area contributed by atoms with Gasteiger partial charge in [-0.3, -0.25) is 0 Å². The maximum Gasteiger partial charge on any atom is 0.235 e. The van der Waals surface area contributed by atoms with Gasteiger partial charge >= 0.3 is 0 Å². The van der Waals surface area contributed by atoms with Crippen LogP contribution in [0, 0.1) is 0 Å². The summed E-state index contributed by atoms with van der Waals surface area (Å²) < 4.78 is 11.1. The summed E-state index contributed by atoms with van der Waals surface area (Å²) in [6, 6.07) is 9.78. The first-order chi connectivity index (χ1) is 6.54. The highest BCUT2D eigenvalue weighted by Gasteiger charge is 2.27. The summed E-state index contributed by atoms with van der Waals surface area (Å²) in [5.74, 6) is 0.871. The van der Waals surface area contributed by atoms with Gasteiger partial charge in [0.25, 0.3) is 0 Å². The smallest absolute Gasteiger partial charge is 0.235 e. The summed E-state index contributed by atoms with van der Waals surface area (Å²) in [6.45, 7) is 6.35. The van der Waals surface area contributed by atoms with E-state index in [9.17, 15) is 0 Å². The summed E-state index contributed by atoms with van der Waals surface area (Å²) >= 11 is 0. The largest absolute Gasteiger partial charge is 0.447 e. The Bertz CT molecular complexity index is 266. The van der Waals surface area contributed by atoms with Crippen molar-refractivity contribution in [3.05, 3.63) is 30.3 Å². The molecule has 0 radical (unpaired) electrons. The third-order valence-electron chi connectivity index (χ3n) is 1.65. The molecule has 3 heteroatoms. The van der Waals surface area contributed by atoms with E-state index in [1.165, 1.54) is 0 Å². The zero-order chi connectivity index (χ0) is 10.6. The first kappa shape index (κ1) is 11.5. The second-order valence-electron chi connectivity index (χ2n) is 4.01. The molecule has 0 aliphatic heterocycles. The Morgan fingerprint density at radius 3 is 2.07 bits per heavy atom. The lowest BCUT2D eigenvalue weighted by Crippen LogP contribution is -2.15. The van der Waals surface area contributed by atoms with Crippen molar-refractivity contribution in [2.75, 3.05) is 7.11 Å². The molecule has 2 nitrogen and oxygen atoms in total. The minimum absolute atomic E-state index is 0.0416. The normalized spacial score (nSPS) is 13.7. The first-order valence-corrected chi connectivity index (χ1v) is 5.79. The third kappa shape index (κ3) is 3.28. The molecule has 0 fully saturated rings. The molecule has 1 rings (SSSR count). The SMILES string of the molecule is COP(Oc1ccccc1)C(C)(C)C. The molecule has 1 atom stereocenters. The van der Waals surface area contributed by atoms with Gasteiger partial charge < -0.3 is 9.05 Å². The maximum absolute atomic E-state index is 5.77. The lowest BCUT2D eigenvalue weighted by Gasteiger charge is -2.27. The van der Waals surface area contributed by atoms with Crippen LogP contribution in [0.4, 0.5) is 0 Å². The van der Waals surface area contributed by atoms with Gasteiger partial charge in [0.15, 0.2) is 0 Å². The molecule has 1 unspecified atom stereocenters. The van der Waals surface area contributed by atoms with E-state index in [2.05, 4.69) is 20.8 Å². The molecule has 0 aliphatic carbocycles. The van der Waals surface area contributed by atoms with Crippen molar-refractivity contribution in [2.24, 2.45) is 0 Å². The van der Waals surface area contributed by atoms with Crippen LogP contribution in [0.15, 0.2) is 30.3 Å². The highest BCUT2D eigenvalue weighted by Crippen LogP contribution is 2.50. The van der Waals surface area contributed by atoms with Gasteiger partial charge in [0, 0.05) is 12.3 Å². The van der Waals surface area contributed by atoms with E-state index in [4.69, 9.17) is 9.05 Å². The summed E-state index contributed by atoms with van der Waals surface area (Å²) in [5, 5.41) is 0.0416. The van der Waals surface area contributed by atoms with Crippen LogP contribution in [-0.4, -0.2) is 12.3 Å². The van der Waals surface area contributed by atoms with Crippen LogP contribution in [0.2, 0.25) is 0 Å². The van der Waals surface area contributed by atoms with E-state index in [0.717, 1.165) is 5.75 Å². The molecular formula is C11H17O2P. The number of rotatable bonds is 3. The molecule has 0 heterocycles. The Hall–Kier alpha value is -0.590. The lowest BCUT2D eigenvalue weighted by atomic mass is 10.3. The molecule has 0 bridgehead atoms. The molecule has 1 aromatic rings. The second-order valence-corrected chi connectivity index (χ2v) is 6.42. The number of benzene rings is 1. The van der Waals surface area contributed by atoms with Gasteiger partial charge in [-0.25, -0.2) is 0 Å². The molecule has 78 valence electrons. The Balaban J connectivity index is 2.67. The monoisotopic (exact) mass is 212 g/mol. The molecule has 0 N–H and O–H groups in total. The van der Waals surface area contributed by atoms with E-state index in [0.29, 0.717) is 0 Å². The van der Waals surface area contributed by atoms with Gasteiger partial charge in [-0.1, -0.05) is 39.0 Å². The van der Waals surface area contributed by atoms with E-state index in [1.54, 1.807) is 7.11 Å². The van der Waals surface area contributed by atoms with Gasteiger partial charge in [0.05, 0.1) is 0 Å². The molecule has 0 spiro atoms. The highest BCUT2D eigenvalue weighted by molar-refractivity contribution is 7.49. The second kappa shape index (κ2) is 4.77. The van der Waals surface area contributed by atoms with Crippen molar-refractivity contribution in [1.29, 1.82) is 0 Å². The van der Waals surface area contributed by atoms with Crippen molar-refractivity contribution >= 4 is 8.38 Å². The fourth-order valence-corrected chi connectivity index (χ4v) is 2.23. The van der Waals surface area contributed by atoms with Crippen LogP contribution in [0.25, 0.3) is 0 Å². The zero-order valence-corrected chi connectivity index (χ0v) is 10.0. The Labute approximate surface area is 87.2 Å². The molecule has 0 aliphatic rings. The van der Waals surface area contributed by atoms with Crippen LogP contribution in [0.5, 0.6) is 5.75 Å². The average molecular weight is 212 g/mol. The standard InChI is InChI=1S/C11H17O2P/c1-11(2,3)14(12-4)13-10-8-6-5-7-9-10/h5-9H,1-4H3.